The number of thiophene rings is 2. The Balaban J connectivity index is 1.89. The molecule has 0 bridgehead atoms. The third-order valence-corrected chi connectivity index (χ3v) is 27.0. The molecule has 154 valence electrons. The van der Waals surface area contributed by atoms with Crippen LogP contribution in [0.25, 0.3) is 30.3 Å². The van der Waals surface area contributed by atoms with E-state index in [0.29, 0.717) is 0 Å². The summed E-state index contributed by atoms with van der Waals surface area (Å²) in [6, 6.07) is 16.5. The molecule has 0 saturated carbocycles. The monoisotopic (exact) mass is 530 g/mol. The van der Waals surface area contributed by atoms with Gasteiger partial charge in [0.25, 0.3) is 0 Å². The molecule has 0 amide bonds. The van der Waals surface area contributed by atoms with Crippen molar-refractivity contribution in [3.05, 3.63) is 42.5 Å². The molecule has 2 aromatic carbocycles. The van der Waals surface area contributed by atoms with Crippen LogP contribution in [-0.4, -0.2) is 18.4 Å². The maximum atomic E-state index is 2.69. The van der Waals surface area contributed by atoms with Gasteiger partial charge in [-0.2, -0.15) is 0 Å². The summed E-state index contributed by atoms with van der Waals surface area (Å²) in [6.07, 6.45) is 8.36. The molecule has 0 spiro atoms. The number of fused-ring (bicyclic) bond motifs is 5. The Morgan fingerprint density at radius 2 is 1.24 bits per heavy atom. The zero-order valence-corrected chi connectivity index (χ0v) is 22.7. The molecular weight excluding hydrogens is 495 g/mol. The quantitative estimate of drug-likeness (QED) is 0.180. The summed E-state index contributed by atoms with van der Waals surface area (Å²) in [4.78, 5) is 0. The molecule has 0 N–H and O–H groups in total. The molecule has 4 rings (SSSR count). The Bertz CT molecular complexity index is 1070. The van der Waals surface area contributed by atoms with Crippen molar-refractivity contribution in [3.8, 4) is 0 Å². The summed E-state index contributed by atoms with van der Waals surface area (Å²) >= 11 is 1.78. The zero-order chi connectivity index (χ0) is 20.3. The molecule has 0 aliphatic rings. The standard InChI is InChI=1S/C14H7S2.3C4H9.Sn/c1-2-4-12-9(3-1)14-10-7-8-15-11(10)5-6-13(14)16-12;3*1-3-4-2;/h1-7H;3*1,3-4H2,2H3;. The first kappa shape index (κ1) is 21.6. The van der Waals surface area contributed by atoms with Crippen LogP contribution in [0.2, 0.25) is 13.3 Å². The molecular formula is C26H34S2Sn. The first-order chi connectivity index (χ1) is 14.2. The van der Waals surface area contributed by atoms with Gasteiger partial charge in [0.2, 0.25) is 0 Å². The van der Waals surface area contributed by atoms with E-state index in [1.807, 2.05) is 14.2 Å². The van der Waals surface area contributed by atoms with E-state index in [1.54, 1.807) is 18.7 Å². The van der Waals surface area contributed by atoms with Gasteiger partial charge >= 0.3 is 189 Å². The number of hydrogen-bond donors (Lipinski definition) is 0. The summed E-state index contributed by atoms with van der Waals surface area (Å²) in [5, 5.41) is 4.52. The molecule has 3 heteroatoms. The zero-order valence-electron chi connectivity index (χ0n) is 18.2. The molecule has 0 nitrogen and oxygen atoms in total. The molecule has 0 unspecified atom stereocenters. The Morgan fingerprint density at radius 1 is 0.655 bits per heavy atom. The number of benzene rings is 2. The Labute approximate surface area is 188 Å². The second-order valence-corrected chi connectivity index (χ2v) is 25.0. The van der Waals surface area contributed by atoms with E-state index in [0.717, 1.165) is 0 Å². The molecule has 29 heavy (non-hydrogen) atoms. The molecule has 0 atom stereocenters. The Hall–Kier alpha value is -0.581. The first-order valence-corrected chi connectivity index (χ1v) is 20.7. The van der Waals surface area contributed by atoms with Gasteiger partial charge in [0.15, 0.2) is 0 Å². The molecule has 0 saturated heterocycles. The van der Waals surface area contributed by atoms with E-state index < -0.39 is 18.4 Å². The van der Waals surface area contributed by atoms with Crippen LogP contribution >= 0.6 is 22.7 Å². The average Bonchev–Trinajstić information content (AvgIpc) is 3.34. The minimum atomic E-state index is -2.36. The van der Waals surface area contributed by atoms with Gasteiger partial charge in [0.05, 0.1) is 0 Å². The first-order valence-electron chi connectivity index (χ1n) is 11.6. The predicted octanol–water partition coefficient (Wildman–Crippen LogP) is 9.33. The number of unbranched alkanes of at least 4 members (excludes halogenated alkanes) is 3. The summed E-state index contributed by atoms with van der Waals surface area (Å²) in [5.41, 5.74) is 0. The number of hydrogen-bond acceptors (Lipinski definition) is 2. The average molecular weight is 529 g/mol. The van der Waals surface area contributed by atoms with Gasteiger partial charge in [-0.1, -0.05) is 0 Å². The van der Waals surface area contributed by atoms with E-state index in [4.69, 9.17) is 0 Å². The van der Waals surface area contributed by atoms with Crippen LogP contribution in [0.5, 0.6) is 0 Å². The predicted molar refractivity (Wildman–Crippen MR) is 139 cm³/mol. The van der Waals surface area contributed by atoms with Gasteiger partial charge in [-0.3, -0.25) is 0 Å². The van der Waals surface area contributed by atoms with Crippen LogP contribution in [0.3, 0.4) is 0 Å². The van der Waals surface area contributed by atoms with Gasteiger partial charge in [0, 0.05) is 0 Å². The summed E-state index contributed by atoms with van der Waals surface area (Å²) < 4.78 is 11.0. The second kappa shape index (κ2) is 9.70. The molecule has 2 aromatic heterocycles. The third-order valence-electron chi connectivity index (χ3n) is 6.59. The van der Waals surface area contributed by atoms with Crippen LogP contribution in [0.15, 0.2) is 42.5 Å². The maximum absolute atomic E-state index is 2.69. The van der Waals surface area contributed by atoms with Crippen molar-refractivity contribution in [1.29, 1.82) is 0 Å². The van der Waals surface area contributed by atoms with Gasteiger partial charge in [-0.25, -0.2) is 0 Å². The normalized spacial score (nSPS) is 12.5. The second-order valence-electron chi connectivity index (χ2n) is 8.65. The van der Waals surface area contributed by atoms with E-state index in [1.165, 1.54) is 63.4 Å². The molecule has 0 aliphatic heterocycles. The van der Waals surface area contributed by atoms with Gasteiger partial charge in [-0.15, -0.1) is 0 Å². The Morgan fingerprint density at radius 3 is 1.90 bits per heavy atom. The van der Waals surface area contributed by atoms with Gasteiger partial charge in [0.1, 0.15) is 0 Å². The molecule has 0 radical (unpaired) electrons. The molecule has 0 aliphatic carbocycles. The van der Waals surface area contributed by atoms with Crippen molar-refractivity contribution in [2.24, 2.45) is 0 Å². The van der Waals surface area contributed by atoms with Crippen LogP contribution in [0, 0.1) is 0 Å². The topological polar surface area (TPSA) is 0 Å². The van der Waals surface area contributed by atoms with Crippen molar-refractivity contribution in [3.63, 3.8) is 0 Å². The van der Waals surface area contributed by atoms with Crippen molar-refractivity contribution < 1.29 is 0 Å². The van der Waals surface area contributed by atoms with Crippen molar-refractivity contribution in [2.45, 2.75) is 72.6 Å². The van der Waals surface area contributed by atoms with Crippen molar-refractivity contribution in [2.75, 3.05) is 0 Å². The van der Waals surface area contributed by atoms with E-state index in [-0.39, 0.29) is 0 Å². The van der Waals surface area contributed by atoms with Crippen LogP contribution in [0.4, 0.5) is 0 Å². The minimum absolute atomic E-state index is 1.35. The molecule has 0 fully saturated rings. The van der Waals surface area contributed by atoms with Crippen LogP contribution in [-0.2, 0) is 0 Å². The third kappa shape index (κ3) is 4.27. The number of rotatable bonds is 10. The SMILES string of the molecule is CCC[CH2][Sn]([CH2]CCC)([CH2]CCC)[c]1cc2c(ccc3sc4ccccc4c32)s1. The van der Waals surface area contributed by atoms with Crippen molar-refractivity contribution in [1.82, 2.24) is 0 Å². The van der Waals surface area contributed by atoms with Gasteiger partial charge < -0.3 is 0 Å². The van der Waals surface area contributed by atoms with E-state index in [9.17, 15) is 0 Å². The summed E-state index contributed by atoms with van der Waals surface area (Å²) in [7, 11) is 0. The summed E-state index contributed by atoms with van der Waals surface area (Å²) in [6.45, 7) is 7.13. The molecule has 2 heterocycles. The Kier molecular flexibility index (Phi) is 7.24. The summed E-state index contributed by atoms with van der Waals surface area (Å²) in [5.74, 6) is 0. The fourth-order valence-electron chi connectivity index (χ4n) is 4.89. The van der Waals surface area contributed by atoms with Crippen LogP contribution < -0.4 is 2.89 Å². The van der Waals surface area contributed by atoms with Crippen molar-refractivity contribution >= 4 is 74.2 Å². The van der Waals surface area contributed by atoms with E-state index >= 15 is 0 Å². The van der Waals surface area contributed by atoms with Crippen LogP contribution in [0.1, 0.15) is 59.3 Å². The fourth-order valence-corrected chi connectivity index (χ4v) is 26.3. The van der Waals surface area contributed by atoms with E-state index in [2.05, 4.69) is 74.6 Å². The molecule has 4 aromatic rings. The fraction of sp³-hybridized carbons (Fsp3) is 0.462. The van der Waals surface area contributed by atoms with Gasteiger partial charge in [-0.05, 0) is 0 Å².